The van der Waals surface area contributed by atoms with Gasteiger partial charge in [0, 0.05) is 10.9 Å². The molecule has 1 aromatic carbocycles. The molecular formula is C10H10N4O2. The highest BCUT2D eigenvalue weighted by atomic mass is 16.2. The minimum absolute atomic E-state index is 0.356. The first-order valence-corrected chi connectivity index (χ1v) is 4.60. The van der Waals surface area contributed by atoms with E-state index >= 15 is 0 Å². The van der Waals surface area contributed by atoms with Crippen LogP contribution in [0, 0.1) is 0 Å². The lowest BCUT2D eigenvalue weighted by Crippen LogP contribution is -2.44. The Hall–Kier alpha value is -2.50. The molecule has 0 unspecified atom stereocenters. The van der Waals surface area contributed by atoms with E-state index in [1.54, 1.807) is 6.07 Å². The van der Waals surface area contributed by atoms with Gasteiger partial charge in [-0.2, -0.15) is 0 Å². The number of fused-ring (bicyclic) bond motifs is 1. The van der Waals surface area contributed by atoms with Gasteiger partial charge >= 0.3 is 6.03 Å². The smallest absolute Gasteiger partial charge is 0.330 e. The molecule has 0 atom stereocenters. The van der Waals surface area contributed by atoms with E-state index < -0.39 is 11.9 Å². The number of hydrogen-bond donors (Lipinski definition) is 4. The number of urea groups is 1. The van der Waals surface area contributed by atoms with Gasteiger partial charge in [-0.15, -0.1) is 0 Å². The molecule has 6 nitrogen and oxygen atoms in total. The van der Waals surface area contributed by atoms with Crippen LogP contribution in [0.15, 0.2) is 30.3 Å². The Morgan fingerprint density at radius 2 is 1.94 bits per heavy atom. The van der Waals surface area contributed by atoms with Crippen LogP contribution in [0.1, 0.15) is 10.5 Å². The van der Waals surface area contributed by atoms with Crippen LogP contribution < -0.4 is 16.6 Å². The van der Waals surface area contributed by atoms with Crippen molar-refractivity contribution in [1.29, 1.82) is 0 Å². The second kappa shape index (κ2) is 3.93. The van der Waals surface area contributed by atoms with Gasteiger partial charge in [0.2, 0.25) is 0 Å². The summed E-state index contributed by atoms with van der Waals surface area (Å²) in [5, 5.41) is 0.923. The fourth-order valence-corrected chi connectivity index (χ4v) is 1.38. The minimum atomic E-state index is -0.815. The van der Waals surface area contributed by atoms with E-state index in [2.05, 4.69) is 10.4 Å². The number of carbonyl (C=O) groups is 2. The Bertz CT molecular complexity index is 513. The molecule has 3 amide bonds. The van der Waals surface area contributed by atoms with Crippen molar-refractivity contribution in [3.8, 4) is 0 Å². The largest absolute Gasteiger partial charge is 0.350 e. The maximum Gasteiger partial charge on any atom is 0.330 e. The van der Waals surface area contributed by atoms with Crippen LogP contribution in [-0.4, -0.2) is 16.9 Å². The second-order valence-electron chi connectivity index (χ2n) is 3.21. The van der Waals surface area contributed by atoms with Gasteiger partial charge in [-0.05, 0) is 12.1 Å². The summed E-state index contributed by atoms with van der Waals surface area (Å²) >= 11 is 0. The molecule has 5 N–H and O–H groups in total. The van der Waals surface area contributed by atoms with Gasteiger partial charge in [0.15, 0.2) is 0 Å². The number of hydrazine groups is 1. The quantitative estimate of drug-likeness (QED) is 0.523. The molecule has 0 fully saturated rings. The van der Waals surface area contributed by atoms with Crippen LogP contribution in [0.3, 0.4) is 0 Å². The van der Waals surface area contributed by atoms with E-state index in [1.807, 2.05) is 29.7 Å². The summed E-state index contributed by atoms with van der Waals surface area (Å²) in [5.41, 5.74) is 10.2. The molecule has 1 aromatic heterocycles. The van der Waals surface area contributed by atoms with E-state index in [0.717, 1.165) is 10.9 Å². The van der Waals surface area contributed by atoms with Gasteiger partial charge in [0.25, 0.3) is 5.91 Å². The lowest BCUT2D eigenvalue weighted by molar-refractivity contribution is 0.0933. The Labute approximate surface area is 90.8 Å². The lowest BCUT2D eigenvalue weighted by Gasteiger charge is -2.01. The number of nitrogens with two attached hydrogens (primary N) is 1. The predicted octanol–water partition coefficient (Wildman–Crippen LogP) is 0.481. The molecule has 0 spiro atoms. The fraction of sp³-hybridized carbons (Fsp3) is 0. The molecule has 0 radical (unpaired) electrons. The summed E-state index contributed by atoms with van der Waals surface area (Å²) < 4.78 is 0. The number of rotatable bonds is 1. The topological polar surface area (TPSA) is 100 Å². The third kappa shape index (κ3) is 1.95. The monoisotopic (exact) mass is 218 g/mol. The Morgan fingerprint density at radius 1 is 1.19 bits per heavy atom. The molecule has 0 aliphatic heterocycles. The van der Waals surface area contributed by atoms with Gasteiger partial charge in [-0.25, -0.2) is 10.2 Å². The number of aromatic nitrogens is 1. The molecule has 0 aliphatic rings. The highest BCUT2D eigenvalue weighted by Gasteiger charge is 2.08. The van der Waals surface area contributed by atoms with Crippen LogP contribution in [0.2, 0.25) is 0 Å². The molecular weight excluding hydrogens is 208 g/mol. The van der Waals surface area contributed by atoms with Crippen molar-refractivity contribution in [1.82, 2.24) is 15.8 Å². The molecule has 2 aromatic rings. The van der Waals surface area contributed by atoms with Crippen LogP contribution in [0.25, 0.3) is 10.9 Å². The van der Waals surface area contributed by atoms with Crippen molar-refractivity contribution in [2.24, 2.45) is 5.73 Å². The summed E-state index contributed by atoms with van der Waals surface area (Å²) in [6.07, 6.45) is 0. The van der Waals surface area contributed by atoms with Crippen LogP contribution >= 0.6 is 0 Å². The normalized spacial score (nSPS) is 10.0. The number of carbonyl (C=O) groups excluding carboxylic acids is 2. The van der Waals surface area contributed by atoms with Crippen LogP contribution in [-0.2, 0) is 0 Å². The summed E-state index contributed by atoms with van der Waals surface area (Å²) in [7, 11) is 0. The van der Waals surface area contributed by atoms with Crippen LogP contribution in [0.5, 0.6) is 0 Å². The SMILES string of the molecule is NC(=O)NNC(=O)c1cc2ccccc2[nH]1. The van der Waals surface area contributed by atoms with E-state index in [4.69, 9.17) is 5.73 Å². The number of aromatic amines is 1. The molecule has 6 heteroatoms. The molecule has 2 rings (SSSR count). The Kier molecular flexibility index (Phi) is 2.47. The van der Waals surface area contributed by atoms with E-state index in [0.29, 0.717) is 5.69 Å². The zero-order valence-electron chi connectivity index (χ0n) is 8.28. The molecule has 0 saturated carbocycles. The first-order chi connectivity index (χ1) is 7.66. The van der Waals surface area contributed by atoms with E-state index in [-0.39, 0.29) is 0 Å². The van der Waals surface area contributed by atoms with Crippen molar-refractivity contribution in [3.05, 3.63) is 36.0 Å². The first kappa shape index (κ1) is 10.0. The predicted molar refractivity (Wildman–Crippen MR) is 58.5 cm³/mol. The van der Waals surface area contributed by atoms with Gasteiger partial charge in [-0.3, -0.25) is 10.2 Å². The Balaban J connectivity index is 2.20. The number of hydrogen-bond acceptors (Lipinski definition) is 2. The Morgan fingerprint density at radius 3 is 2.62 bits per heavy atom. The van der Waals surface area contributed by atoms with Crippen molar-refractivity contribution in [2.45, 2.75) is 0 Å². The number of nitrogens with one attached hydrogen (secondary N) is 3. The van der Waals surface area contributed by atoms with E-state index in [9.17, 15) is 9.59 Å². The number of benzene rings is 1. The third-order valence-corrected chi connectivity index (χ3v) is 2.07. The molecule has 0 saturated heterocycles. The van der Waals surface area contributed by atoms with Gasteiger partial charge < -0.3 is 10.7 Å². The van der Waals surface area contributed by atoms with Crippen molar-refractivity contribution >= 4 is 22.8 Å². The molecule has 0 aliphatic carbocycles. The molecule has 1 heterocycles. The number of H-pyrrole nitrogens is 1. The zero-order chi connectivity index (χ0) is 11.5. The zero-order valence-corrected chi connectivity index (χ0v) is 8.28. The minimum Gasteiger partial charge on any atom is -0.350 e. The van der Waals surface area contributed by atoms with Crippen LogP contribution in [0.4, 0.5) is 4.79 Å². The van der Waals surface area contributed by atoms with Gasteiger partial charge in [-0.1, -0.05) is 18.2 Å². The van der Waals surface area contributed by atoms with E-state index in [1.165, 1.54) is 0 Å². The molecule has 82 valence electrons. The average molecular weight is 218 g/mol. The fourth-order valence-electron chi connectivity index (χ4n) is 1.38. The van der Waals surface area contributed by atoms with Crippen molar-refractivity contribution < 1.29 is 9.59 Å². The molecule has 0 bridgehead atoms. The summed E-state index contributed by atoms with van der Waals surface area (Å²) in [4.78, 5) is 24.8. The summed E-state index contributed by atoms with van der Waals surface area (Å²) in [5.74, 6) is -0.449. The lowest BCUT2D eigenvalue weighted by atomic mass is 10.2. The van der Waals surface area contributed by atoms with Gasteiger partial charge in [0.1, 0.15) is 5.69 Å². The molecule has 16 heavy (non-hydrogen) atoms. The number of para-hydroxylation sites is 1. The van der Waals surface area contributed by atoms with Gasteiger partial charge in [0.05, 0.1) is 0 Å². The average Bonchev–Trinajstić information content (AvgIpc) is 2.69. The highest BCUT2D eigenvalue weighted by Crippen LogP contribution is 2.14. The number of amides is 3. The maximum absolute atomic E-state index is 11.5. The highest BCUT2D eigenvalue weighted by molar-refractivity contribution is 5.98. The summed E-state index contributed by atoms with van der Waals surface area (Å²) in [6, 6.07) is 8.34. The third-order valence-electron chi connectivity index (χ3n) is 2.07. The van der Waals surface area contributed by atoms with Crippen molar-refractivity contribution in [3.63, 3.8) is 0 Å². The first-order valence-electron chi connectivity index (χ1n) is 4.60. The standard InChI is InChI=1S/C10H10N4O2/c11-10(16)14-13-9(15)8-5-6-3-1-2-4-7(6)12-8/h1-5,12H,(H,13,15)(H3,11,14,16). The maximum atomic E-state index is 11.5. The van der Waals surface area contributed by atoms with Crippen molar-refractivity contribution in [2.75, 3.05) is 0 Å². The number of primary amides is 1. The second-order valence-corrected chi connectivity index (χ2v) is 3.21. The summed E-state index contributed by atoms with van der Waals surface area (Å²) in [6.45, 7) is 0.